The van der Waals surface area contributed by atoms with Crippen LogP contribution in [-0.4, -0.2) is 35.7 Å². The van der Waals surface area contributed by atoms with Crippen molar-refractivity contribution in [3.05, 3.63) is 33.8 Å². The van der Waals surface area contributed by atoms with Crippen molar-refractivity contribution in [2.24, 2.45) is 5.73 Å². The summed E-state index contributed by atoms with van der Waals surface area (Å²) in [5, 5.41) is 11.1. The second-order valence-corrected chi connectivity index (χ2v) is 5.60. The average Bonchev–Trinajstić information content (AvgIpc) is 2.84. The fraction of sp³-hybridized carbons (Fsp3) is 0.538. The van der Waals surface area contributed by atoms with Crippen molar-refractivity contribution in [3.63, 3.8) is 0 Å². The van der Waals surface area contributed by atoms with Crippen LogP contribution in [0.25, 0.3) is 0 Å². The van der Waals surface area contributed by atoms with Gasteiger partial charge in [0.1, 0.15) is 0 Å². The highest BCUT2D eigenvalue weighted by Gasteiger charge is 2.22. The summed E-state index contributed by atoms with van der Waals surface area (Å²) in [7, 11) is 0. The van der Waals surface area contributed by atoms with Gasteiger partial charge in [-0.3, -0.25) is 0 Å². The van der Waals surface area contributed by atoms with Gasteiger partial charge in [0.2, 0.25) is 0 Å². The molecule has 1 aromatic rings. The predicted octanol–water partition coefficient (Wildman–Crippen LogP) is 2.87. The lowest BCUT2D eigenvalue weighted by Crippen LogP contribution is -2.40. The van der Waals surface area contributed by atoms with Gasteiger partial charge < -0.3 is 15.7 Å². The van der Waals surface area contributed by atoms with Crippen molar-refractivity contribution in [2.75, 3.05) is 19.6 Å². The summed E-state index contributed by atoms with van der Waals surface area (Å²) in [5.74, 6) is 0. The number of benzene rings is 1. The van der Waals surface area contributed by atoms with E-state index in [0.717, 1.165) is 18.7 Å². The van der Waals surface area contributed by atoms with Gasteiger partial charge in [-0.1, -0.05) is 29.3 Å². The van der Waals surface area contributed by atoms with Gasteiger partial charge in [0.15, 0.2) is 0 Å². The fourth-order valence-corrected chi connectivity index (χ4v) is 2.61. The average molecular weight is 326 g/mol. The molecule has 1 saturated heterocycles. The number of rotatable bonds is 4. The van der Waals surface area contributed by atoms with Crippen LogP contribution in [0.2, 0.25) is 10.0 Å². The Hall–Kier alpha value is -0.0300. The molecule has 0 aliphatic carbocycles. The Bertz CT molecular complexity index is 411. The van der Waals surface area contributed by atoms with Crippen LogP contribution >= 0.6 is 35.6 Å². The first kappa shape index (κ1) is 17.0. The quantitative estimate of drug-likeness (QED) is 0.895. The number of aliphatic hydroxyl groups excluding tert-OH is 1. The molecular formula is C13H19Cl3N2O. The van der Waals surface area contributed by atoms with Crippen molar-refractivity contribution in [1.82, 2.24) is 4.90 Å². The van der Waals surface area contributed by atoms with E-state index in [-0.39, 0.29) is 18.4 Å². The Balaban J connectivity index is 0.00000180. The summed E-state index contributed by atoms with van der Waals surface area (Å²) < 4.78 is 0. The van der Waals surface area contributed by atoms with Crippen molar-refractivity contribution in [1.29, 1.82) is 0 Å². The molecule has 0 radical (unpaired) electrons. The van der Waals surface area contributed by atoms with E-state index in [1.165, 1.54) is 12.8 Å². The van der Waals surface area contributed by atoms with Gasteiger partial charge in [-0.05, 0) is 43.6 Å². The summed E-state index contributed by atoms with van der Waals surface area (Å²) in [6.45, 7) is 2.85. The molecular weight excluding hydrogens is 307 g/mol. The molecule has 0 unspecified atom stereocenters. The number of aliphatic hydroxyl groups is 1. The maximum Gasteiger partial charge on any atom is 0.0953 e. The van der Waals surface area contributed by atoms with Crippen LogP contribution in [0.5, 0.6) is 0 Å². The van der Waals surface area contributed by atoms with E-state index in [1.54, 1.807) is 18.2 Å². The molecule has 0 aromatic heterocycles. The lowest BCUT2D eigenvalue weighted by Gasteiger charge is -2.24. The molecule has 0 saturated carbocycles. The van der Waals surface area contributed by atoms with Crippen LogP contribution < -0.4 is 5.73 Å². The van der Waals surface area contributed by atoms with Crippen LogP contribution in [0, 0.1) is 0 Å². The van der Waals surface area contributed by atoms with Gasteiger partial charge in [0.05, 0.1) is 16.1 Å². The van der Waals surface area contributed by atoms with E-state index in [4.69, 9.17) is 28.9 Å². The molecule has 0 spiro atoms. The largest absolute Gasteiger partial charge is 0.387 e. The zero-order chi connectivity index (χ0) is 13.1. The maximum atomic E-state index is 10.2. The summed E-state index contributed by atoms with van der Waals surface area (Å²) in [6.07, 6.45) is 1.73. The number of nitrogens with zero attached hydrogens (tertiary/aromatic N) is 1. The van der Waals surface area contributed by atoms with Crippen LogP contribution in [0.15, 0.2) is 18.2 Å². The van der Waals surface area contributed by atoms with E-state index in [9.17, 15) is 5.11 Å². The van der Waals surface area contributed by atoms with Gasteiger partial charge in [-0.2, -0.15) is 0 Å². The molecule has 0 bridgehead atoms. The summed E-state index contributed by atoms with van der Waals surface area (Å²) in [4.78, 5) is 2.28. The number of likely N-dealkylation sites (tertiary alicyclic amines) is 1. The summed E-state index contributed by atoms with van der Waals surface area (Å²) in [5.41, 5.74) is 6.77. The van der Waals surface area contributed by atoms with Crippen LogP contribution in [0.4, 0.5) is 0 Å². The lowest BCUT2D eigenvalue weighted by atomic mass is 10.0. The standard InChI is InChI=1S/C13H18Cl2N2O.ClH/c14-10-4-3-9(7-11(10)15)13(18)12(16)8-17-5-1-2-6-17;/h3-4,7,12-13,18H,1-2,5-6,8,16H2;1H/t12-,13-;/m0./s1. The van der Waals surface area contributed by atoms with E-state index in [0.29, 0.717) is 16.6 Å². The van der Waals surface area contributed by atoms with E-state index in [1.807, 2.05) is 0 Å². The number of halogens is 3. The van der Waals surface area contributed by atoms with Crippen molar-refractivity contribution >= 4 is 35.6 Å². The molecule has 1 aliphatic heterocycles. The van der Waals surface area contributed by atoms with Gasteiger partial charge in [0, 0.05) is 12.6 Å². The maximum absolute atomic E-state index is 10.2. The third-order valence-corrected chi connectivity index (χ3v) is 4.10. The number of hydrogen-bond donors (Lipinski definition) is 2. The molecule has 3 nitrogen and oxygen atoms in total. The van der Waals surface area contributed by atoms with Crippen molar-refractivity contribution in [2.45, 2.75) is 25.0 Å². The minimum Gasteiger partial charge on any atom is -0.387 e. The topological polar surface area (TPSA) is 49.5 Å². The van der Waals surface area contributed by atoms with Gasteiger partial charge >= 0.3 is 0 Å². The third kappa shape index (κ3) is 4.48. The van der Waals surface area contributed by atoms with Crippen LogP contribution in [0.3, 0.4) is 0 Å². The van der Waals surface area contributed by atoms with Gasteiger partial charge in [-0.15, -0.1) is 12.4 Å². The molecule has 19 heavy (non-hydrogen) atoms. The molecule has 6 heteroatoms. The normalized spacial score (nSPS) is 18.9. The van der Waals surface area contributed by atoms with Crippen molar-refractivity contribution < 1.29 is 5.11 Å². The Morgan fingerprint density at radius 3 is 2.42 bits per heavy atom. The van der Waals surface area contributed by atoms with E-state index in [2.05, 4.69) is 4.90 Å². The summed E-state index contributed by atoms with van der Waals surface area (Å²) >= 11 is 11.8. The minimum absolute atomic E-state index is 0. The fourth-order valence-electron chi connectivity index (χ4n) is 2.31. The molecule has 2 atom stereocenters. The SMILES string of the molecule is Cl.N[C@@H](CN1CCCC1)[C@@H](O)c1ccc(Cl)c(Cl)c1. The first-order valence-electron chi connectivity index (χ1n) is 6.19. The smallest absolute Gasteiger partial charge is 0.0953 e. The van der Waals surface area contributed by atoms with Gasteiger partial charge in [-0.25, -0.2) is 0 Å². The second kappa shape index (κ2) is 7.67. The lowest BCUT2D eigenvalue weighted by molar-refractivity contribution is 0.125. The Morgan fingerprint density at radius 1 is 1.21 bits per heavy atom. The van der Waals surface area contributed by atoms with Crippen molar-refractivity contribution in [3.8, 4) is 0 Å². The molecule has 108 valence electrons. The Morgan fingerprint density at radius 2 is 1.84 bits per heavy atom. The first-order valence-corrected chi connectivity index (χ1v) is 6.94. The third-order valence-electron chi connectivity index (χ3n) is 3.36. The summed E-state index contributed by atoms with van der Waals surface area (Å²) in [6, 6.07) is 4.83. The Labute approximate surface area is 130 Å². The number of hydrogen-bond acceptors (Lipinski definition) is 3. The van der Waals surface area contributed by atoms with E-state index >= 15 is 0 Å². The van der Waals surface area contributed by atoms with Gasteiger partial charge in [0.25, 0.3) is 0 Å². The molecule has 2 rings (SSSR count). The van der Waals surface area contributed by atoms with E-state index < -0.39 is 6.10 Å². The molecule has 0 amide bonds. The molecule has 1 aromatic carbocycles. The Kier molecular flexibility index (Phi) is 6.87. The second-order valence-electron chi connectivity index (χ2n) is 4.79. The highest BCUT2D eigenvalue weighted by atomic mass is 35.5. The highest BCUT2D eigenvalue weighted by molar-refractivity contribution is 6.42. The molecule has 1 fully saturated rings. The minimum atomic E-state index is -0.708. The number of nitrogens with two attached hydrogens (primary N) is 1. The first-order chi connectivity index (χ1) is 8.58. The van der Waals surface area contributed by atoms with Crippen LogP contribution in [-0.2, 0) is 0 Å². The highest BCUT2D eigenvalue weighted by Crippen LogP contribution is 2.27. The molecule has 1 heterocycles. The monoisotopic (exact) mass is 324 g/mol. The zero-order valence-corrected chi connectivity index (χ0v) is 12.9. The molecule has 1 aliphatic rings. The van der Waals surface area contributed by atoms with Crippen LogP contribution in [0.1, 0.15) is 24.5 Å². The zero-order valence-electron chi connectivity index (χ0n) is 10.6. The predicted molar refractivity (Wildman–Crippen MR) is 82.3 cm³/mol. The molecule has 3 N–H and O–H groups in total.